The van der Waals surface area contributed by atoms with Gasteiger partial charge in [-0.05, 0) is 41.0 Å². The Balaban J connectivity index is 0.00000312. The predicted molar refractivity (Wildman–Crippen MR) is 120 cm³/mol. The Morgan fingerprint density at radius 1 is 1.12 bits per heavy atom. The lowest BCUT2D eigenvalue weighted by Gasteiger charge is -2.30. The van der Waals surface area contributed by atoms with Gasteiger partial charge in [0.1, 0.15) is 0 Å². The smallest absolute Gasteiger partial charge is 0.191 e. The molecule has 0 aliphatic rings. The summed E-state index contributed by atoms with van der Waals surface area (Å²) in [5, 5.41) is 11.3. The van der Waals surface area contributed by atoms with Crippen LogP contribution in [0.2, 0.25) is 0 Å². The standard InChI is InChI=1S/C19H28N4S.HI/c1-4-23(5-2)18(17-11-12-24-15-17)14-22-19(20-3)21-13-16-9-7-6-8-10-16;/h6-12,15,18H,4-5,13-14H2,1-3H3,(H2,20,21,22);1H. The summed E-state index contributed by atoms with van der Waals surface area (Å²) in [5.74, 6) is 0.839. The van der Waals surface area contributed by atoms with Crippen molar-refractivity contribution in [3.8, 4) is 0 Å². The van der Waals surface area contributed by atoms with E-state index < -0.39 is 0 Å². The van der Waals surface area contributed by atoms with Crippen molar-refractivity contribution in [2.45, 2.75) is 26.4 Å². The van der Waals surface area contributed by atoms with Gasteiger partial charge in [-0.3, -0.25) is 9.89 Å². The highest BCUT2D eigenvalue weighted by atomic mass is 127. The first-order valence-electron chi connectivity index (χ1n) is 8.53. The van der Waals surface area contributed by atoms with Gasteiger partial charge >= 0.3 is 0 Å². The Labute approximate surface area is 172 Å². The van der Waals surface area contributed by atoms with Crippen LogP contribution >= 0.6 is 35.3 Å². The summed E-state index contributed by atoms with van der Waals surface area (Å²) < 4.78 is 0. The van der Waals surface area contributed by atoms with Crippen molar-refractivity contribution in [3.63, 3.8) is 0 Å². The van der Waals surface area contributed by atoms with Crippen molar-refractivity contribution in [1.29, 1.82) is 0 Å². The molecule has 1 unspecified atom stereocenters. The van der Waals surface area contributed by atoms with E-state index in [9.17, 15) is 0 Å². The van der Waals surface area contributed by atoms with Gasteiger partial charge in [-0.25, -0.2) is 0 Å². The van der Waals surface area contributed by atoms with Crippen molar-refractivity contribution >= 4 is 41.3 Å². The molecule has 0 aliphatic carbocycles. The van der Waals surface area contributed by atoms with Gasteiger partial charge in [-0.15, -0.1) is 24.0 Å². The molecule has 1 aromatic carbocycles. The minimum atomic E-state index is 0. The second kappa shape index (κ2) is 12.3. The summed E-state index contributed by atoms with van der Waals surface area (Å²) >= 11 is 1.75. The molecule has 138 valence electrons. The van der Waals surface area contributed by atoms with Crippen molar-refractivity contribution in [1.82, 2.24) is 15.5 Å². The molecule has 0 saturated heterocycles. The fourth-order valence-corrected chi connectivity index (χ4v) is 3.49. The molecule has 2 N–H and O–H groups in total. The Morgan fingerprint density at radius 3 is 2.40 bits per heavy atom. The number of benzene rings is 1. The Kier molecular flexibility index (Phi) is 10.8. The second-order valence-corrected chi connectivity index (χ2v) is 6.37. The van der Waals surface area contributed by atoms with Crippen LogP contribution in [0.25, 0.3) is 0 Å². The maximum Gasteiger partial charge on any atom is 0.191 e. The number of rotatable bonds is 8. The molecule has 25 heavy (non-hydrogen) atoms. The third-order valence-electron chi connectivity index (χ3n) is 4.17. The number of halogens is 1. The quantitative estimate of drug-likeness (QED) is 0.345. The Bertz CT molecular complexity index is 597. The Hall–Kier alpha value is -1.12. The van der Waals surface area contributed by atoms with Crippen molar-refractivity contribution < 1.29 is 0 Å². The van der Waals surface area contributed by atoms with E-state index in [0.717, 1.165) is 32.1 Å². The Morgan fingerprint density at radius 2 is 1.84 bits per heavy atom. The highest BCUT2D eigenvalue weighted by molar-refractivity contribution is 14.0. The fraction of sp³-hybridized carbons (Fsp3) is 0.421. The van der Waals surface area contributed by atoms with Crippen LogP contribution in [-0.2, 0) is 6.54 Å². The second-order valence-electron chi connectivity index (χ2n) is 5.59. The van der Waals surface area contributed by atoms with Gasteiger partial charge in [0.25, 0.3) is 0 Å². The molecule has 1 aromatic heterocycles. The van der Waals surface area contributed by atoms with E-state index in [0.29, 0.717) is 6.04 Å². The summed E-state index contributed by atoms with van der Waals surface area (Å²) in [4.78, 5) is 6.82. The predicted octanol–water partition coefficient (Wildman–Crippen LogP) is 4.11. The number of likely N-dealkylation sites (N-methyl/N-ethyl adjacent to an activating group) is 1. The first-order valence-corrected chi connectivity index (χ1v) is 9.47. The highest BCUT2D eigenvalue weighted by Crippen LogP contribution is 2.22. The van der Waals surface area contributed by atoms with Gasteiger partial charge in [-0.1, -0.05) is 44.2 Å². The van der Waals surface area contributed by atoms with Crippen LogP contribution in [0, 0.1) is 0 Å². The minimum Gasteiger partial charge on any atom is -0.354 e. The van der Waals surface area contributed by atoms with Crippen LogP contribution in [0.1, 0.15) is 31.0 Å². The molecule has 0 aliphatic heterocycles. The van der Waals surface area contributed by atoms with E-state index in [1.807, 2.05) is 13.1 Å². The maximum absolute atomic E-state index is 4.35. The number of thiophene rings is 1. The van der Waals surface area contributed by atoms with E-state index in [2.05, 4.69) is 75.5 Å². The van der Waals surface area contributed by atoms with E-state index in [1.54, 1.807) is 11.3 Å². The number of nitrogens with one attached hydrogen (secondary N) is 2. The van der Waals surface area contributed by atoms with E-state index in [1.165, 1.54) is 11.1 Å². The first-order chi connectivity index (χ1) is 11.8. The van der Waals surface area contributed by atoms with Crippen LogP contribution in [-0.4, -0.2) is 37.5 Å². The maximum atomic E-state index is 4.35. The van der Waals surface area contributed by atoms with Gasteiger partial charge in [0, 0.05) is 20.1 Å². The number of guanidine groups is 1. The van der Waals surface area contributed by atoms with Crippen LogP contribution in [0.15, 0.2) is 52.2 Å². The molecule has 1 atom stereocenters. The molecular formula is C19H29IN4S. The third-order valence-corrected chi connectivity index (χ3v) is 4.87. The monoisotopic (exact) mass is 472 g/mol. The zero-order valence-electron chi connectivity index (χ0n) is 15.2. The molecular weight excluding hydrogens is 443 g/mol. The van der Waals surface area contributed by atoms with Crippen LogP contribution in [0.5, 0.6) is 0 Å². The largest absolute Gasteiger partial charge is 0.354 e. The molecule has 6 heteroatoms. The summed E-state index contributed by atoms with van der Waals surface area (Å²) in [6, 6.07) is 13.0. The lowest BCUT2D eigenvalue weighted by molar-refractivity contribution is 0.219. The number of hydrogen-bond acceptors (Lipinski definition) is 3. The zero-order valence-corrected chi connectivity index (χ0v) is 18.4. The van der Waals surface area contributed by atoms with Crippen molar-refractivity contribution in [3.05, 3.63) is 58.3 Å². The fourth-order valence-electron chi connectivity index (χ4n) is 2.78. The molecule has 0 bridgehead atoms. The molecule has 0 radical (unpaired) electrons. The molecule has 2 rings (SSSR count). The van der Waals surface area contributed by atoms with E-state index in [4.69, 9.17) is 0 Å². The molecule has 0 spiro atoms. The average molecular weight is 472 g/mol. The van der Waals surface area contributed by atoms with E-state index in [-0.39, 0.29) is 24.0 Å². The SMILES string of the molecule is CCN(CC)C(CNC(=NC)NCc1ccccc1)c1ccsc1.I. The van der Waals surface area contributed by atoms with Crippen LogP contribution < -0.4 is 10.6 Å². The molecule has 0 saturated carbocycles. The molecule has 2 aromatic rings. The summed E-state index contributed by atoms with van der Waals surface area (Å²) in [6.45, 7) is 8.11. The molecule has 0 amide bonds. The number of nitrogens with zero attached hydrogens (tertiary/aromatic N) is 2. The minimum absolute atomic E-state index is 0. The lowest BCUT2D eigenvalue weighted by atomic mass is 10.1. The molecule has 4 nitrogen and oxygen atoms in total. The van der Waals surface area contributed by atoms with Gasteiger partial charge in [0.15, 0.2) is 5.96 Å². The normalized spacial score (nSPS) is 12.6. The molecule has 0 fully saturated rings. The van der Waals surface area contributed by atoms with Gasteiger partial charge in [0.2, 0.25) is 0 Å². The zero-order chi connectivity index (χ0) is 17.2. The number of hydrogen-bond donors (Lipinski definition) is 2. The van der Waals surface area contributed by atoms with Crippen LogP contribution in [0.3, 0.4) is 0 Å². The molecule has 1 heterocycles. The van der Waals surface area contributed by atoms with Crippen LogP contribution in [0.4, 0.5) is 0 Å². The average Bonchev–Trinajstić information content (AvgIpc) is 3.16. The van der Waals surface area contributed by atoms with Gasteiger partial charge in [-0.2, -0.15) is 11.3 Å². The summed E-state index contributed by atoms with van der Waals surface area (Å²) in [6.07, 6.45) is 0. The highest BCUT2D eigenvalue weighted by Gasteiger charge is 2.18. The van der Waals surface area contributed by atoms with Gasteiger partial charge < -0.3 is 10.6 Å². The number of aliphatic imine (C=N–C) groups is 1. The summed E-state index contributed by atoms with van der Waals surface area (Å²) in [7, 11) is 1.82. The lowest BCUT2D eigenvalue weighted by Crippen LogP contribution is -2.42. The van der Waals surface area contributed by atoms with Crippen molar-refractivity contribution in [2.24, 2.45) is 4.99 Å². The third kappa shape index (κ3) is 6.95. The van der Waals surface area contributed by atoms with E-state index >= 15 is 0 Å². The van der Waals surface area contributed by atoms with Crippen molar-refractivity contribution in [2.75, 3.05) is 26.7 Å². The topological polar surface area (TPSA) is 39.7 Å². The first kappa shape index (κ1) is 21.9. The van der Waals surface area contributed by atoms with Gasteiger partial charge in [0.05, 0.1) is 6.04 Å². The summed E-state index contributed by atoms with van der Waals surface area (Å²) in [5.41, 5.74) is 2.62.